The summed E-state index contributed by atoms with van der Waals surface area (Å²) in [5.74, 6) is 0.453. The third kappa shape index (κ3) is 2.33. The number of nitrogens with zero attached hydrogens (tertiary/aromatic N) is 1. The van der Waals surface area contributed by atoms with E-state index in [1.807, 2.05) is 12.4 Å². The van der Waals surface area contributed by atoms with E-state index in [1.165, 1.54) is 5.57 Å². The number of hydrogen-bond acceptors (Lipinski definition) is 1. The van der Waals surface area contributed by atoms with Gasteiger partial charge in [0.25, 0.3) is 0 Å². The van der Waals surface area contributed by atoms with Gasteiger partial charge in [-0.15, -0.1) is 0 Å². The molecule has 0 aromatic rings. The van der Waals surface area contributed by atoms with E-state index in [4.69, 9.17) is 0 Å². The first kappa shape index (κ1) is 9.24. The second-order valence-corrected chi connectivity index (χ2v) is 4.35. The zero-order chi connectivity index (χ0) is 9.19. The monoisotopic (exact) mass is 163 g/mol. The lowest BCUT2D eigenvalue weighted by Gasteiger charge is -2.20. The van der Waals surface area contributed by atoms with Crippen LogP contribution in [0, 0.1) is 11.3 Å². The summed E-state index contributed by atoms with van der Waals surface area (Å²) in [6.45, 7) is 8.83. The van der Waals surface area contributed by atoms with Crippen molar-refractivity contribution in [2.75, 3.05) is 0 Å². The highest BCUT2D eigenvalue weighted by Gasteiger charge is 2.15. The maximum atomic E-state index is 4.16. The van der Waals surface area contributed by atoms with Gasteiger partial charge >= 0.3 is 0 Å². The fourth-order valence-corrected chi connectivity index (χ4v) is 1.19. The van der Waals surface area contributed by atoms with E-state index in [0.29, 0.717) is 5.92 Å². The Kier molecular flexibility index (Phi) is 2.51. The van der Waals surface area contributed by atoms with E-state index in [1.54, 1.807) is 0 Å². The predicted molar refractivity (Wildman–Crippen MR) is 54.3 cm³/mol. The highest BCUT2D eigenvalue weighted by atomic mass is 14.7. The average Bonchev–Trinajstić information content (AvgIpc) is 2.11. The molecule has 0 aromatic heterocycles. The molecule has 1 heteroatoms. The highest BCUT2D eigenvalue weighted by molar-refractivity contribution is 5.65. The minimum atomic E-state index is 0.235. The Labute approximate surface area is 74.9 Å². The van der Waals surface area contributed by atoms with Crippen molar-refractivity contribution in [3.8, 4) is 0 Å². The maximum absolute atomic E-state index is 4.16. The molecule has 1 heterocycles. The Morgan fingerprint density at radius 3 is 2.58 bits per heavy atom. The fourth-order valence-electron chi connectivity index (χ4n) is 1.19. The molecule has 1 unspecified atom stereocenters. The Hall–Kier alpha value is -0.850. The molecule has 1 nitrogen and oxygen atoms in total. The van der Waals surface area contributed by atoms with Gasteiger partial charge in [0, 0.05) is 18.3 Å². The van der Waals surface area contributed by atoms with E-state index >= 15 is 0 Å². The Morgan fingerprint density at radius 2 is 2.00 bits per heavy atom. The van der Waals surface area contributed by atoms with Gasteiger partial charge in [-0.05, 0) is 17.1 Å². The molecule has 0 aliphatic carbocycles. The van der Waals surface area contributed by atoms with Crippen LogP contribution in [0.2, 0.25) is 0 Å². The summed E-state index contributed by atoms with van der Waals surface area (Å²) in [7, 11) is 0. The highest BCUT2D eigenvalue weighted by Crippen LogP contribution is 2.28. The van der Waals surface area contributed by atoms with Gasteiger partial charge in [0.05, 0.1) is 0 Å². The van der Waals surface area contributed by atoms with E-state index in [9.17, 15) is 0 Å². The molecule has 12 heavy (non-hydrogen) atoms. The number of aliphatic imine (C=N–C) groups is 1. The Morgan fingerprint density at radius 1 is 1.33 bits per heavy atom. The summed E-state index contributed by atoms with van der Waals surface area (Å²) in [5, 5.41) is 0. The van der Waals surface area contributed by atoms with E-state index in [2.05, 4.69) is 44.8 Å². The molecule has 0 N–H and O–H groups in total. The van der Waals surface area contributed by atoms with Crippen molar-refractivity contribution in [2.45, 2.75) is 27.7 Å². The normalized spacial score (nSPS) is 23.7. The third-order valence-corrected chi connectivity index (χ3v) is 1.97. The van der Waals surface area contributed by atoms with Gasteiger partial charge in [0.2, 0.25) is 0 Å². The first-order valence-corrected chi connectivity index (χ1v) is 4.42. The molecule has 0 saturated heterocycles. The van der Waals surface area contributed by atoms with E-state index < -0.39 is 0 Å². The summed E-state index contributed by atoms with van der Waals surface area (Å²) >= 11 is 0. The number of rotatable bonds is 0. The van der Waals surface area contributed by atoms with Crippen LogP contribution in [0.3, 0.4) is 0 Å². The van der Waals surface area contributed by atoms with Crippen LogP contribution in [0.5, 0.6) is 0 Å². The number of allylic oxidation sites excluding steroid dienone is 3. The van der Waals surface area contributed by atoms with Crippen LogP contribution in [0.4, 0.5) is 0 Å². The molecule has 0 radical (unpaired) electrons. The van der Waals surface area contributed by atoms with Gasteiger partial charge in [0.15, 0.2) is 0 Å². The average molecular weight is 163 g/mol. The molecule has 66 valence electrons. The summed E-state index contributed by atoms with van der Waals surface area (Å²) in [5.41, 5.74) is 1.60. The first-order chi connectivity index (χ1) is 5.50. The van der Waals surface area contributed by atoms with Crippen LogP contribution in [0.25, 0.3) is 0 Å². The fraction of sp³-hybridized carbons (Fsp3) is 0.545. The molecule has 0 fully saturated rings. The van der Waals surface area contributed by atoms with Crippen LogP contribution in [0.1, 0.15) is 27.7 Å². The molecule has 0 bridgehead atoms. The number of hydrogen-bond donors (Lipinski definition) is 0. The molecule has 1 aliphatic heterocycles. The topological polar surface area (TPSA) is 12.4 Å². The molecule has 0 amide bonds. The second-order valence-electron chi connectivity index (χ2n) is 4.35. The molecule has 1 rings (SSSR count). The zero-order valence-corrected chi connectivity index (χ0v) is 8.33. The SMILES string of the molecule is CC1C=NC=CC(C(C)(C)C)=C1. The van der Waals surface area contributed by atoms with E-state index in [-0.39, 0.29) is 5.41 Å². The largest absolute Gasteiger partial charge is 0.268 e. The predicted octanol–water partition coefficient (Wildman–Crippen LogP) is 3.19. The van der Waals surface area contributed by atoms with Gasteiger partial charge in [-0.1, -0.05) is 33.8 Å². The van der Waals surface area contributed by atoms with Gasteiger partial charge < -0.3 is 0 Å². The van der Waals surface area contributed by atoms with Crippen LogP contribution < -0.4 is 0 Å². The molecular formula is C11H17N. The molecule has 1 aliphatic rings. The summed E-state index contributed by atoms with van der Waals surface area (Å²) in [6, 6.07) is 0. The Bertz CT molecular complexity index is 238. The summed E-state index contributed by atoms with van der Waals surface area (Å²) < 4.78 is 0. The summed E-state index contributed by atoms with van der Waals surface area (Å²) in [4.78, 5) is 4.16. The minimum Gasteiger partial charge on any atom is -0.268 e. The van der Waals surface area contributed by atoms with Crippen LogP contribution in [0.15, 0.2) is 28.9 Å². The van der Waals surface area contributed by atoms with Crippen molar-refractivity contribution in [3.05, 3.63) is 23.9 Å². The van der Waals surface area contributed by atoms with Crippen LogP contribution >= 0.6 is 0 Å². The lowest BCUT2D eigenvalue weighted by atomic mass is 9.85. The quantitative estimate of drug-likeness (QED) is 0.520. The summed E-state index contributed by atoms with van der Waals surface area (Å²) in [6.07, 6.45) is 8.21. The van der Waals surface area contributed by atoms with Crippen molar-refractivity contribution in [2.24, 2.45) is 16.3 Å². The van der Waals surface area contributed by atoms with Crippen molar-refractivity contribution < 1.29 is 0 Å². The standard InChI is InChI=1S/C11H17N/c1-9-7-10(11(2,3)4)5-6-12-8-9/h5-9H,1-4H3. The van der Waals surface area contributed by atoms with Crippen LogP contribution in [-0.4, -0.2) is 6.21 Å². The maximum Gasteiger partial charge on any atom is 0.0266 e. The van der Waals surface area contributed by atoms with Gasteiger partial charge in [0.1, 0.15) is 0 Å². The van der Waals surface area contributed by atoms with Crippen molar-refractivity contribution in [3.63, 3.8) is 0 Å². The van der Waals surface area contributed by atoms with Gasteiger partial charge in [-0.2, -0.15) is 0 Å². The third-order valence-electron chi connectivity index (χ3n) is 1.97. The smallest absolute Gasteiger partial charge is 0.0266 e. The molecular weight excluding hydrogens is 146 g/mol. The van der Waals surface area contributed by atoms with Gasteiger partial charge in [-0.25, -0.2) is 0 Å². The van der Waals surface area contributed by atoms with Crippen molar-refractivity contribution >= 4 is 6.21 Å². The van der Waals surface area contributed by atoms with Crippen molar-refractivity contribution in [1.82, 2.24) is 0 Å². The second kappa shape index (κ2) is 3.26. The molecule has 0 saturated carbocycles. The van der Waals surface area contributed by atoms with Crippen molar-refractivity contribution in [1.29, 1.82) is 0 Å². The molecule has 0 spiro atoms. The molecule has 0 aromatic carbocycles. The van der Waals surface area contributed by atoms with E-state index in [0.717, 1.165) is 0 Å². The lowest BCUT2D eigenvalue weighted by Crippen LogP contribution is -2.08. The lowest BCUT2D eigenvalue weighted by molar-refractivity contribution is 0.513. The van der Waals surface area contributed by atoms with Crippen LogP contribution in [-0.2, 0) is 0 Å². The molecule has 1 atom stereocenters. The minimum absolute atomic E-state index is 0.235. The first-order valence-electron chi connectivity index (χ1n) is 4.42. The Balaban J connectivity index is 2.91. The van der Waals surface area contributed by atoms with Gasteiger partial charge in [-0.3, -0.25) is 4.99 Å². The zero-order valence-electron chi connectivity index (χ0n) is 8.33.